The van der Waals surface area contributed by atoms with E-state index in [9.17, 15) is 0 Å². The van der Waals surface area contributed by atoms with Gasteiger partial charge in [-0.15, -0.1) is 12.4 Å². The van der Waals surface area contributed by atoms with Crippen molar-refractivity contribution in [1.29, 1.82) is 0 Å². The standard InChI is InChI=1S/C17H18N2O.ClH/c1-12-7-8-13(11-15(12)17-18-9-10-19-17)14-5-3-4-6-16(14)20-2;/h3-8,11H,9-10H2,1-2H3,(H,18,19);1H. The molecular formula is C17H19ClN2O. The van der Waals surface area contributed by atoms with Crippen LogP contribution < -0.4 is 10.1 Å². The van der Waals surface area contributed by atoms with Gasteiger partial charge in [0.1, 0.15) is 11.6 Å². The van der Waals surface area contributed by atoms with Crippen LogP contribution in [0.25, 0.3) is 11.1 Å². The second-order valence-corrected chi connectivity index (χ2v) is 4.89. The van der Waals surface area contributed by atoms with Gasteiger partial charge in [0, 0.05) is 17.7 Å². The minimum atomic E-state index is 0. The summed E-state index contributed by atoms with van der Waals surface area (Å²) >= 11 is 0. The van der Waals surface area contributed by atoms with Crippen LogP contribution in [0.15, 0.2) is 47.5 Å². The summed E-state index contributed by atoms with van der Waals surface area (Å²) in [7, 11) is 1.70. The zero-order chi connectivity index (χ0) is 13.9. The molecule has 0 fully saturated rings. The number of amidine groups is 1. The van der Waals surface area contributed by atoms with Gasteiger partial charge in [-0.05, 0) is 30.2 Å². The number of nitrogens with zero attached hydrogens (tertiary/aromatic N) is 1. The molecule has 0 saturated heterocycles. The lowest BCUT2D eigenvalue weighted by Crippen LogP contribution is -2.20. The highest BCUT2D eigenvalue weighted by molar-refractivity contribution is 6.02. The normalized spacial score (nSPS) is 13.1. The van der Waals surface area contributed by atoms with Crippen LogP contribution in [-0.2, 0) is 0 Å². The summed E-state index contributed by atoms with van der Waals surface area (Å²) in [5.41, 5.74) is 4.66. The average Bonchev–Trinajstić information content (AvgIpc) is 3.02. The fraction of sp³-hybridized carbons (Fsp3) is 0.235. The number of hydrogen-bond acceptors (Lipinski definition) is 3. The highest BCUT2D eigenvalue weighted by atomic mass is 35.5. The van der Waals surface area contributed by atoms with E-state index in [1.165, 1.54) is 11.1 Å². The molecule has 2 aromatic rings. The fourth-order valence-corrected chi connectivity index (χ4v) is 2.51. The largest absolute Gasteiger partial charge is 0.496 e. The topological polar surface area (TPSA) is 33.6 Å². The average molecular weight is 303 g/mol. The van der Waals surface area contributed by atoms with E-state index in [1.807, 2.05) is 18.2 Å². The van der Waals surface area contributed by atoms with Gasteiger partial charge in [-0.1, -0.05) is 30.3 Å². The van der Waals surface area contributed by atoms with Crippen molar-refractivity contribution in [3.8, 4) is 16.9 Å². The van der Waals surface area contributed by atoms with Crippen molar-refractivity contribution in [3.63, 3.8) is 0 Å². The number of hydrogen-bond donors (Lipinski definition) is 1. The van der Waals surface area contributed by atoms with Crippen LogP contribution in [0.3, 0.4) is 0 Å². The van der Waals surface area contributed by atoms with Crippen LogP contribution in [0.1, 0.15) is 11.1 Å². The van der Waals surface area contributed by atoms with Gasteiger partial charge in [0.25, 0.3) is 0 Å². The van der Waals surface area contributed by atoms with E-state index >= 15 is 0 Å². The Kier molecular flexibility index (Phi) is 4.86. The van der Waals surface area contributed by atoms with Gasteiger partial charge < -0.3 is 10.1 Å². The molecule has 21 heavy (non-hydrogen) atoms. The lowest BCUT2D eigenvalue weighted by Gasteiger charge is -2.12. The first-order valence-electron chi connectivity index (χ1n) is 6.82. The number of methoxy groups -OCH3 is 1. The quantitative estimate of drug-likeness (QED) is 0.942. The molecule has 3 nitrogen and oxygen atoms in total. The van der Waals surface area contributed by atoms with E-state index in [4.69, 9.17) is 4.74 Å². The lowest BCUT2D eigenvalue weighted by atomic mass is 9.98. The van der Waals surface area contributed by atoms with Crippen LogP contribution in [-0.4, -0.2) is 26.0 Å². The maximum absolute atomic E-state index is 5.45. The van der Waals surface area contributed by atoms with Gasteiger partial charge in [0.15, 0.2) is 0 Å². The Hall–Kier alpha value is -2.00. The van der Waals surface area contributed by atoms with Crippen molar-refractivity contribution in [1.82, 2.24) is 5.32 Å². The summed E-state index contributed by atoms with van der Waals surface area (Å²) in [6.45, 7) is 3.89. The third-order valence-electron chi connectivity index (χ3n) is 3.58. The molecule has 0 aromatic heterocycles. The van der Waals surface area contributed by atoms with E-state index in [0.29, 0.717) is 0 Å². The molecular weight excluding hydrogens is 284 g/mol. The van der Waals surface area contributed by atoms with E-state index in [1.54, 1.807) is 7.11 Å². The summed E-state index contributed by atoms with van der Waals surface area (Å²) in [4.78, 5) is 4.52. The van der Waals surface area contributed by atoms with E-state index in [-0.39, 0.29) is 12.4 Å². The van der Waals surface area contributed by atoms with Crippen molar-refractivity contribution >= 4 is 18.2 Å². The van der Waals surface area contributed by atoms with Crippen LogP contribution in [0.4, 0.5) is 0 Å². The van der Waals surface area contributed by atoms with Gasteiger partial charge in [-0.2, -0.15) is 0 Å². The Bertz CT molecular complexity index is 668. The summed E-state index contributed by atoms with van der Waals surface area (Å²) in [6.07, 6.45) is 0. The molecule has 0 atom stereocenters. The third-order valence-corrected chi connectivity index (χ3v) is 3.58. The van der Waals surface area contributed by atoms with E-state index < -0.39 is 0 Å². The Morgan fingerprint density at radius 3 is 2.62 bits per heavy atom. The molecule has 3 rings (SSSR count). The van der Waals surface area contributed by atoms with Gasteiger partial charge >= 0.3 is 0 Å². The zero-order valence-electron chi connectivity index (χ0n) is 12.2. The predicted octanol–water partition coefficient (Wildman–Crippen LogP) is 3.44. The second-order valence-electron chi connectivity index (χ2n) is 4.89. The summed E-state index contributed by atoms with van der Waals surface area (Å²) in [5, 5.41) is 3.34. The Morgan fingerprint density at radius 1 is 1.10 bits per heavy atom. The van der Waals surface area contributed by atoms with Crippen LogP contribution in [0.2, 0.25) is 0 Å². The van der Waals surface area contributed by atoms with E-state index in [2.05, 4.69) is 41.5 Å². The number of aryl methyl sites for hydroxylation is 1. The first-order chi connectivity index (χ1) is 9.79. The van der Waals surface area contributed by atoms with Crippen LogP contribution in [0, 0.1) is 6.92 Å². The highest BCUT2D eigenvalue weighted by Gasteiger charge is 2.13. The first-order valence-corrected chi connectivity index (χ1v) is 6.82. The predicted molar refractivity (Wildman–Crippen MR) is 89.8 cm³/mol. The Labute approximate surface area is 131 Å². The SMILES string of the molecule is COc1ccccc1-c1ccc(C)c(C2=NCCN2)c1.Cl. The van der Waals surface area contributed by atoms with Crippen molar-refractivity contribution in [2.45, 2.75) is 6.92 Å². The molecule has 110 valence electrons. The van der Waals surface area contributed by atoms with Crippen LogP contribution >= 0.6 is 12.4 Å². The second kappa shape index (κ2) is 6.64. The molecule has 0 radical (unpaired) electrons. The summed E-state index contributed by atoms with van der Waals surface area (Å²) in [5.74, 6) is 1.89. The van der Waals surface area contributed by atoms with Crippen molar-refractivity contribution in [3.05, 3.63) is 53.6 Å². The molecule has 0 bridgehead atoms. The van der Waals surface area contributed by atoms with Gasteiger partial charge in [0.05, 0.1) is 13.7 Å². The summed E-state index contributed by atoms with van der Waals surface area (Å²) in [6, 6.07) is 14.5. The molecule has 0 unspecified atom stereocenters. The molecule has 0 aliphatic carbocycles. The maximum atomic E-state index is 5.45. The fourth-order valence-electron chi connectivity index (χ4n) is 2.51. The monoisotopic (exact) mass is 302 g/mol. The van der Waals surface area contributed by atoms with Crippen LogP contribution in [0.5, 0.6) is 5.75 Å². The van der Waals surface area contributed by atoms with Crippen molar-refractivity contribution in [2.24, 2.45) is 4.99 Å². The lowest BCUT2D eigenvalue weighted by molar-refractivity contribution is 0.416. The van der Waals surface area contributed by atoms with Gasteiger partial charge in [-0.3, -0.25) is 4.99 Å². The van der Waals surface area contributed by atoms with Crippen molar-refractivity contribution < 1.29 is 4.74 Å². The minimum absolute atomic E-state index is 0. The number of benzene rings is 2. The highest BCUT2D eigenvalue weighted by Crippen LogP contribution is 2.31. The molecule has 1 aliphatic rings. The molecule has 1 heterocycles. The van der Waals surface area contributed by atoms with Gasteiger partial charge in [0.2, 0.25) is 0 Å². The molecule has 0 amide bonds. The van der Waals surface area contributed by atoms with E-state index in [0.717, 1.165) is 35.8 Å². The molecule has 1 N–H and O–H groups in total. The summed E-state index contributed by atoms with van der Waals surface area (Å²) < 4.78 is 5.45. The molecule has 0 saturated carbocycles. The third kappa shape index (κ3) is 3.03. The Morgan fingerprint density at radius 2 is 1.90 bits per heavy atom. The zero-order valence-corrected chi connectivity index (χ0v) is 13.0. The number of nitrogens with one attached hydrogen (secondary N) is 1. The van der Waals surface area contributed by atoms with Gasteiger partial charge in [-0.25, -0.2) is 0 Å². The number of aliphatic imine (C=N–C) groups is 1. The molecule has 1 aliphatic heterocycles. The number of para-hydroxylation sites is 1. The number of ether oxygens (including phenoxy) is 1. The number of rotatable bonds is 3. The molecule has 0 spiro atoms. The Balaban J connectivity index is 0.00000161. The smallest absolute Gasteiger partial charge is 0.128 e. The maximum Gasteiger partial charge on any atom is 0.128 e. The molecule has 2 aromatic carbocycles. The molecule has 4 heteroatoms. The minimum Gasteiger partial charge on any atom is -0.496 e. The first kappa shape index (κ1) is 15.4. The number of halogens is 1. The van der Waals surface area contributed by atoms with Crippen molar-refractivity contribution in [2.75, 3.05) is 20.2 Å².